The Labute approximate surface area is 203 Å². The van der Waals surface area contributed by atoms with E-state index in [4.69, 9.17) is 9.84 Å². The smallest absolute Gasteiger partial charge is 0.271 e. The predicted octanol–water partition coefficient (Wildman–Crippen LogP) is 4.63. The highest BCUT2D eigenvalue weighted by atomic mass is 16.5. The van der Waals surface area contributed by atoms with Crippen molar-refractivity contribution in [1.82, 2.24) is 14.7 Å². The number of aromatic nitrogens is 2. The standard InChI is InChI=1S/C28H24N4O3/c1-5-13-31-27(33)24(19(3)25(16-29)28(31)34)15-20-17-32(21-9-7-6-8-10-21)30-26(20)23-12-11-22(35-4)14-18(23)2/h5-12,14-15,17H,1,13H2,2-4H3/b24-15+. The van der Waals surface area contributed by atoms with Gasteiger partial charge in [0.05, 0.1) is 12.8 Å². The number of benzene rings is 2. The normalized spacial score (nSPS) is 14.9. The van der Waals surface area contributed by atoms with E-state index in [0.717, 1.165) is 27.5 Å². The van der Waals surface area contributed by atoms with Crippen molar-refractivity contribution >= 4 is 17.9 Å². The number of methoxy groups -OCH3 is 1. The van der Waals surface area contributed by atoms with Crippen molar-refractivity contribution in [2.75, 3.05) is 13.7 Å². The summed E-state index contributed by atoms with van der Waals surface area (Å²) in [5.41, 5.74) is 4.56. The third kappa shape index (κ3) is 4.30. The van der Waals surface area contributed by atoms with Gasteiger partial charge in [-0.25, -0.2) is 4.68 Å². The van der Waals surface area contributed by atoms with Crippen molar-refractivity contribution in [1.29, 1.82) is 5.26 Å². The molecular formula is C28H24N4O3. The number of nitriles is 1. The summed E-state index contributed by atoms with van der Waals surface area (Å²) >= 11 is 0. The summed E-state index contributed by atoms with van der Waals surface area (Å²) in [6.45, 7) is 7.22. The maximum Gasteiger partial charge on any atom is 0.271 e. The van der Waals surface area contributed by atoms with Crippen LogP contribution in [-0.2, 0) is 9.59 Å². The van der Waals surface area contributed by atoms with Crippen molar-refractivity contribution in [3.8, 4) is 28.8 Å². The van der Waals surface area contributed by atoms with Crippen LogP contribution in [0.5, 0.6) is 5.75 Å². The number of amides is 2. The van der Waals surface area contributed by atoms with Crippen molar-refractivity contribution in [2.24, 2.45) is 0 Å². The van der Waals surface area contributed by atoms with Crippen molar-refractivity contribution in [3.05, 3.63) is 95.2 Å². The maximum atomic E-state index is 13.3. The number of ether oxygens (including phenoxy) is 1. The number of nitrogens with zero attached hydrogens (tertiary/aromatic N) is 4. The molecule has 2 amide bonds. The topological polar surface area (TPSA) is 88.2 Å². The molecule has 0 N–H and O–H groups in total. The Hall–Kier alpha value is -4.70. The second-order valence-corrected chi connectivity index (χ2v) is 8.07. The Bertz CT molecular complexity index is 1440. The highest BCUT2D eigenvalue weighted by Gasteiger charge is 2.35. The average molecular weight is 465 g/mol. The van der Waals surface area contributed by atoms with E-state index in [1.807, 2.05) is 67.7 Å². The monoisotopic (exact) mass is 464 g/mol. The van der Waals surface area contributed by atoms with E-state index in [9.17, 15) is 14.9 Å². The van der Waals surface area contributed by atoms with Crippen molar-refractivity contribution < 1.29 is 14.3 Å². The lowest BCUT2D eigenvalue weighted by Crippen LogP contribution is -2.42. The molecule has 35 heavy (non-hydrogen) atoms. The van der Waals surface area contributed by atoms with Gasteiger partial charge in [-0.1, -0.05) is 24.3 Å². The fourth-order valence-corrected chi connectivity index (χ4v) is 4.02. The molecule has 0 unspecified atom stereocenters. The van der Waals surface area contributed by atoms with Crippen LogP contribution in [0.3, 0.4) is 0 Å². The first kappa shape index (κ1) is 23.5. The number of imide groups is 1. The number of para-hydroxylation sites is 1. The number of aryl methyl sites for hydroxylation is 1. The first-order chi connectivity index (χ1) is 16.9. The van der Waals surface area contributed by atoms with Crippen LogP contribution >= 0.6 is 0 Å². The Kier molecular flexibility index (Phi) is 6.47. The van der Waals surface area contributed by atoms with Crippen LogP contribution in [0, 0.1) is 18.3 Å². The minimum absolute atomic E-state index is 0.0151. The molecule has 1 aromatic heterocycles. The highest BCUT2D eigenvalue weighted by Crippen LogP contribution is 2.33. The molecule has 0 spiro atoms. The van der Waals surface area contributed by atoms with Gasteiger partial charge in [-0.15, -0.1) is 6.58 Å². The fourth-order valence-electron chi connectivity index (χ4n) is 4.02. The van der Waals surface area contributed by atoms with E-state index < -0.39 is 11.8 Å². The Morgan fingerprint density at radius 3 is 2.49 bits per heavy atom. The van der Waals surface area contributed by atoms with E-state index in [-0.39, 0.29) is 17.7 Å². The molecule has 0 atom stereocenters. The number of carbonyl (C=O) groups is 2. The lowest BCUT2D eigenvalue weighted by atomic mass is 9.93. The van der Waals surface area contributed by atoms with Gasteiger partial charge in [-0.2, -0.15) is 10.4 Å². The molecule has 0 radical (unpaired) electrons. The molecule has 2 aromatic carbocycles. The summed E-state index contributed by atoms with van der Waals surface area (Å²) in [6.07, 6.45) is 4.99. The largest absolute Gasteiger partial charge is 0.497 e. The lowest BCUT2D eigenvalue weighted by Gasteiger charge is -2.26. The van der Waals surface area contributed by atoms with Crippen LogP contribution in [0.25, 0.3) is 23.0 Å². The summed E-state index contributed by atoms with van der Waals surface area (Å²) in [5.74, 6) is -0.360. The van der Waals surface area contributed by atoms with Crippen LogP contribution in [0.15, 0.2) is 84.1 Å². The van der Waals surface area contributed by atoms with Gasteiger partial charge >= 0.3 is 0 Å². The van der Waals surface area contributed by atoms with Crippen LogP contribution in [0.4, 0.5) is 0 Å². The molecule has 0 fully saturated rings. The molecule has 0 saturated carbocycles. The molecule has 174 valence electrons. The molecule has 2 heterocycles. The van der Waals surface area contributed by atoms with E-state index in [1.54, 1.807) is 24.8 Å². The average Bonchev–Trinajstić information content (AvgIpc) is 3.28. The molecule has 4 rings (SSSR count). The Balaban J connectivity index is 1.95. The minimum atomic E-state index is -0.613. The molecule has 7 heteroatoms. The number of carbonyl (C=O) groups excluding carboxylic acids is 2. The van der Waals surface area contributed by atoms with Gasteiger partial charge in [0, 0.05) is 29.4 Å². The molecular weight excluding hydrogens is 440 g/mol. The third-order valence-electron chi connectivity index (χ3n) is 5.89. The van der Waals surface area contributed by atoms with Gasteiger partial charge in [0.15, 0.2) is 0 Å². The summed E-state index contributed by atoms with van der Waals surface area (Å²) < 4.78 is 7.09. The first-order valence-corrected chi connectivity index (χ1v) is 11.0. The number of hydrogen-bond donors (Lipinski definition) is 0. The zero-order valence-corrected chi connectivity index (χ0v) is 19.8. The summed E-state index contributed by atoms with van der Waals surface area (Å²) in [4.78, 5) is 27.0. The van der Waals surface area contributed by atoms with Crippen LogP contribution in [0.2, 0.25) is 0 Å². The van der Waals surface area contributed by atoms with Gasteiger partial charge in [-0.05, 0) is 61.4 Å². The van der Waals surface area contributed by atoms with Gasteiger partial charge < -0.3 is 4.74 Å². The summed E-state index contributed by atoms with van der Waals surface area (Å²) in [7, 11) is 1.61. The summed E-state index contributed by atoms with van der Waals surface area (Å²) in [5, 5.41) is 14.4. The SMILES string of the molecule is C=CCN1C(=O)C(C#N)=C(C)/C(=C\c2cn(-c3ccccc3)nc2-c2ccc(OC)cc2C)C1=O. The molecule has 3 aromatic rings. The second-order valence-electron chi connectivity index (χ2n) is 8.07. The van der Waals surface area contributed by atoms with E-state index in [1.165, 1.54) is 6.08 Å². The van der Waals surface area contributed by atoms with Gasteiger partial charge in [0.2, 0.25) is 0 Å². The lowest BCUT2D eigenvalue weighted by molar-refractivity contribution is -0.139. The van der Waals surface area contributed by atoms with Crippen molar-refractivity contribution in [3.63, 3.8) is 0 Å². The first-order valence-electron chi connectivity index (χ1n) is 11.0. The fraction of sp³-hybridized carbons (Fsp3) is 0.143. The number of rotatable bonds is 6. The molecule has 7 nitrogen and oxygen atoms in total. The molecule has 0 bridgehead atoms. The third-order valence-corrected chi connectivity index (χ3v) is 5.89. The van der Waals surface area contributed by atoms with Gasteiger partial charge in [0.25, 0.3) is 11.8 Å². The van der Waals surface area contributed by atoms with Gasteiger partial charge in [0.1, 0.15) is 23.1 Å². The van der Waals surface area contributed by atoms with Crippen LogP contribution < -0.4 is 4.74 Å². The van der Waals surface area contributed by atoms with Crippen LogP contribution in [0.1, 0.15) is 18.1 Å². The molecule has 0 aliphatic carbocycles. The predicted molar refractivity (Wildman–Crippen MR) is 133 cm³/mol. The minimum Gasteiger partial charge on any atom is -0.497 e. The molecule has 1 aliphatic heterocycles. The van der Waals surface area contributed by atoms with Crippen LogP contribution in [-0.4, -0.2) is 40.1 Å². The van der Waals surface area contributed by atoms with E-state index >= 15 is 0 Å². The molecule has 0 saturated heterocycles. The van der Waals surface area contributed by atoms with E-state index in [2.05, 4.69) is 6.58 Å². The zero-order valence-electron chi connectivity index (χ0n) is 19.8. The number of hydrogen-bond acceptors (Lipinski definition) is 5. The second kappa shape index (κ2) is 9.65. The van der Waals surface area contributed by atoms with Crippen molar-refractivity contribution in [2.45, 2.75) is 13.8 Å². The molecule has 1 aliphatic rings. The quantitative estimate of drug-likeness (QED) is 0.301. The Morgan fingerprint density at radius 2 is 1.86 bits per heavy atom. The Morgan fingerprint density at radius 1 is 1.11 bits per heavy atom. The highest BCUT2D eigenvalue weighted by molar-refractivity contribution is 6.20. The summed E-state index contributed by atoms with van der Waals surface area (Å²) in [6, 6.07) is 17.3. The zero-order chi connectivity index (χ0) is 25.1. The van der Waals surface area contributed by atoms with Gasteiger partial charge in [-0.3, -0.25) is 14.5 Å². The van der Waals surface area contributed by atoms with E-state index in [0.29, 0.717) is 16.8 Å². The maximum absolute atomic E-state index is 13.3.